The fourth-order valence-electron chi connectivity index (χ4n) is 1.26. The van der Waals surface area contributed by atoms with Crippen LogP contribution in [0, 0.1) is 0 Å². The van der Waals surface area contributed by atoms with Gasteiger partial charge in [0.05, 0.1) is 6.10 Å². The summed E-state index contributed by atoms with van der Waals surface area (Å²) in [5, 5.41) is 0. The minimum Gasteiger partial charge on any atom is -0.356 e. The van der Waals surface area contributed by atoms with E-state index in [2.05, 4.69) is 0 Å². The lowest BCUT2D eigenvalue weighted by atomic mass is 9.99. The molecule has 0 amide bonds. The minimum absolute atomic E-state index is 0.0105. The molecule has 0 unspecified atom stereocenters. The standard InChI is InChI=1S/C7H16N2O2/c1-4-7(9)5(8)3-6(10-2)11-4/h4-7H,3,8-9H2,1-2H3/t4-,5+,6+,7+/m1/s1. The molecule has 0 radical (unpaired) electrons. The van der Waals surface area contributed by atoms with Gasteiger partial charge in [-0.25, -0.2) is 0 Å². The highest BCUT2D eigenvalue weighted by Gasteiger charge is 2.31. The van der Waals surface area contributed by atoms with Crippen molar-refractivity contribution in [3.63, 3.8) is 0 Å². The summed E-state index contributed by atoms with van der Waals surface area (Å²) in [6.07, 6.45) is 0.491. The molecule has 4 heteroatoms. The average Bonchev–Trinajstić information content (AvgIpc) is 1.99. The Morgan fingerprint density at radius 1 is 1.45 bits per heavy atom. The van der Waals surface area contributed by atoms with Gasteiger partial charge in [0.15, 0.2) is 6.29 Å². The van der Waals surface area contributed by atoms with E-state index in [0.29, 0.717) is 6.42 Å². The van der Waals surface area contributed by atoms with Crippen LogP contribution in [0.2, 0.25) is 0 Å². The van der Waals surface area contributed by atoms with Gasteiger partial charge in [0.1, 0.15) is 0 Å². The van der Waals surface area contributed by atoms with Crippen LogP contribution in [-0.2, 0) is 9.47 Å². The first-order valence-electron chi connectivity index (χ1n) is 3.84. The molecule has 1 heterocycles. The van der Waals surface area contributed by atoms with Crippen molar-refractivity contribution in [1.82, 2.24) is 0 Å². The molecular formula is C7H16N2O2. The normalized spacial score (nSPS) is 45.8. The lowest BCUT2D eigenvalue weighted by molar-refractivity contribution is -0.184. The maximum Gasteiger partial charge on any atom is 0.159 e. The lowest BCUT2D eigenvalue weighted by Gasteiger charge is -2.36. The summed E-state index contributed by atoms with van der Waals surface area (Å²) in [6, 6.07) is -0.0786. The Morgan fingerprint density at radius 2 is 2.09 bits per heavy atom. The third kappa shape index (κ3) is 1.90. The molecule has 11 heavy (non-hydrogen) atoms. The minimum atomic E-state index is -0.181. The van der Waals surface area contributed by atoms with Gasteiger partial charge < -0.3 is 20.9 Å². The lowest BCUT2D eigenvalue weighted by Crippen LogP contribution is -2.56. The third-order valence-corrected chi connectivity index (χ3v) is 2.13. The Hall–Kier alpha value is -0.160. The van der Waals surface area contributed by atoms with Gasteiger partial charge in [-0.1, -0.05) is 0 Å². The van der Waals surface area contributed by atoms with Gasteiger partial charge in [-0.15, -0.1) is 0 Å². The number of nitrogens with two attached hydrogens (primary N) is 2. The average molecular weight is 160 g/mol. The van der Waals surface area contributed by atoms with Gasteiger partial charge in [0.25, 0.3) is 0 Å². The fourth-order valence-corrected chi connectivity index (χ4v) is 1.26. The number of rotatable bonds is 1. The van der Waals surface area contributed by atoms with E-state index in [0.717, 1.165) is 0 Å². The molecule has 4 nitrogen and oxygen atoms in total. The number of hydrogen-bond donors (Lipinski definition) is 2. The Bertz CT molecular complexity index is 120. The second-order valence-corrected chi connectivity index (χ2v) is 2.98. The maximum atomic E-state index is 5.75. The summed E-state index contributed by atoms with van der Waals surface area (Å²) < 4.78 is 10.4. The van der Waals surface area contributed by atoms with Crippen LogP contribution in [0.4, 0.5) is 0 Å². The number of ether oxygens (including phenoxy) is 2. The second-order valence-electron chi connectivity index (χ2n) is 2.98. The maximum absolute atomic E-state index is 5.75. The van der Waals surface area contributed by atoms with Crippen LogP contribution < -0.4 is 11.5 Å². The third-order valence-electron chi connectivity index (χ3n) is 2.13. The Labute approximate surface area is 66.8 Å². The van der Waals surface area contributed by atoms with Crippen molar-refractivity contribution < 1.29 is 9.47 Å². The summed E-state index contributed by atoms with van der Waals surface area (Å²) in [5.41, 5.74) is 11.5. The van der Waals surface area contributed by atoms with Crippen LogP contribution >= 0.6 is 0 Å². The SMILES string of the molecule is CO[C@@H]1C[C@H](N)[C@@H](N)[C@@H](C)O1. The molecule has 1 saturated heterocycles. The topological polar surface area (TPSA) is 70.5 Å². The molecule has 1 rings (SSSR count). The van der Waals surface area contributed by atoms with Crippen molar-refractivity contribution >= 4 is 0 Å². The first-order valence-corrected chi connectivity index (χ1v) is 3.84. The molecule has 1 fully saturated rings. The number of methoxy groups -OCH3 is 1. The summed E-state index contributed by atoms with van der Waals surface area (Å²) in [5.74, 6) is 0. The summed E-state index contributed by atoms with van der Waals surface area (Å²) >= 11 is 0. The molecule has 0 aromatic carbocycles. The van der Waals surface area contributed by atoms with Crippen LogP contribution in [0.15, 0.2) is 0 Å². The van der Waals surface area contributed by atoms with Gasteiger partial charge in [-0.2, -0.15) is 0 Å². The smallest absolute Gasteiger partial charge is 0.159 e. The van der Waals surface area contributed by atoms with Gasteiger partial charge in [-0.3, -0.25) is 0 Å². The fraction of sp³-hybridized carbons (Fsp3) is 1.00. The quantitative estimate of drug-likeness (QED) is 0.538. The summed E-state index contributed by atoms with van der Waals surface area (Å²) in [6.45, 7) is 1.91. The summed E-state index contributed by atoms with van der Waals surface area (Å²) in [7, 11) is 1.61. The van der Waals surface area contributed by atoms with Crippen LogP contribution in [-0.4, -0.2) is 31.6 Å². The van der Waals surface area contributed by atoms with E-state index in [9.17, 15) is 0 Å². The van der Waals surface area contributed by atoms with Gasteiger partial charge >= 0.3 is 0 Å². The van der Waals surface area contributed by atoms with Gasteiger partial charge in [0, 0.05) is 25.6 Å². The largest absolute Gasteiger partial charge is 0.356 e. The molecule has 0 spiro atoms. The zero-order valence-electron chi connectivity index (χ0n) is 6.99. The summed E-state index contributed by atoms with van der Waals surface area (Å²) in [4.78, 5) is 0. The van der Waals surface area contributed by atoms with Gasteiger partial charge in [-0.05, 0) is 6.92 Å². The zero-order valence-corrected chi connectivity index (χ0v) is 6.99. The molecular weight excluding hydrogens is 144 g/mol. The highest BCUT2D eigenvalue weighted by atomic mass is 16.7. The predicted octanol–water partition coefficient (Wildman–Crippen LogP) is -0.578. The molecule has 0 bridgehead atoms. The van der Waals surface area contributed by atoms with Crippen LogP contribution in [0.3, 0.4) is 0 Å². The molecule has 4 N–H and O–H groups in total. The van der Waals surface area contributed by atoms with E-state index in [1.165, 1.54) is 0 Å². The molecule has 0 aromatic heterocycles. The van der Waals surface area contributed by atoms with Crippen molar-refractivity contribution in [1.29, 1.82) is 0 Å². The number of hydrogen-bond acceptors (Lipinski definition) is 4. The Kier molecular flexibility index (Phi) is 2.84. The van der Waals surface area contributed by atoms with Crippen LogP contribution in [0.1, 0.15) is 13.3 Å². The van der Waals surface area contributed by atoms with E-state index in [4.69, 9.17) is 20.9 Å². The zero-order chi connectivity index (χ0) is 8.43. The molecule has 4 atom stereocenters. The second kappa shape index (κ2) is 3.49. The molecule has 0 aliphatic carbocycles. The van der Waals surface area contributed by atoms with E-state index < -0.39 is 0 Å². The first-order chi connectivity index (χ1) is 5.15. The van der Waals surface area contributed by atoms with E-state index in [1.807, 2.05) is 6.92 Å². The molecule has 0 aromatic rings. The van der Waals surface area contributed by atoms with Crippen molar-refractivity contribution in [2.45, 2.75) is 37.8 Å². The van der Waals surface area contributed by atoms with Gasteiger partial charge in [0.2, 0.25) is 0 Å². The van der Waals surface area contributed by atoms with Crippen molar-refractivity contribution in [3.8, 4) is 0 Å². The Morgan fingerprint density at radius 3 is 2.55 bits per heavy atom. The monoisotopic (exact) mass is 160 g/mol. The van der Waals surface area contributed by atoms with Crippen molar-refractivity contribution in [2.75, 3.05) is 7.11 Å². The molecule has 66 valence electrons. The molecule has 0 saturated carbocycles. The first kappa shape index (κ1) is 8.93. The van der Waals surface area contributed by atoms with E-state index in [-0.39, 0.29) is 24.5 Å². The molecule has 1 aliphatic rings. The highest BCUT2D eigenvalue weighted by Crippen LogP contribution is 2.17. The predicted molar refractivity (Wildman–Crippen MR) is 41.9 cm³/mol. The van der Waals surface area contributed by atoms with E-state index >= 15 is 0 Å². The van der Waals surface area contributed by atoms with Crippen LogP contribution in [0.5, 0.6) is 0 Å². The van der Waals surface area contributed by atoms with Crippen LogP contribution in [0.25, 0.3) is 0 Å². The Balaban J connectivity index is 2.47. The molecule has 1 aliphatic heterocycles. The highest BCUT2D eigenvalue weighted by molar-refractivity contribution is 4.86. The van der Waals surface area contributed by atoms with E-state index in [1.54, 1.807) is 7.11 Å². The van der Waals surface area contributed by atoms with Crippen molar-refractivity contribution in [2.24, 2.45) is 11.5 Å². The van der Waals surface area contributed by atoms with Crippen molar-refractivity contribution in [3.05, 3.63) is 0 Å².